The molecule has 0 atom stereocenters. The number of thioether (sulfide) groups is 1. The predicted octanol–water partition coefficient (Wildman–Crippen LogP) is 4.60. The van der Waals surface area contributed by atoms with Crippen molar-refractivity contribution < 1.29 is 4.79 Å². The molecule has 8 heteroatoms. The molecule has 0 bridgehead atoms. The zero-order valence-corrected chi connectivity index (χ0v) is 19.8. The monoisotopic (exact) mass is 456 g/mol. The van der Waals surface area contributed by atoms with Crippen molar-refractivity contribution in [2.75, 3.05) is 11.9 Å². The van der Waals surface area contributed by atoms with Crippen LogP contribution < -0.4 is 10.9 Å². The second-order valence-corrected chi connectivity index (χ2v) is 10.2. The molecule has 4 rings (SSSR count). The molecular weight excluding hydrogens is 428 g/mol. The molecule has 2 aliphatic rings. The molecule has 1 aliphatic heterocycles. The van der Waals surface area contributed by atoms with Gasteiger partial charge in [-0.05, 0) is 62.7 Å². The number of nitrogens with zero attached hydrogens (tertiary/aromatic N) is 3. The van der Waals surface area contributed by atoms with E-state index in [-0.39, 0.29) is 17.5 Å². The first-order valence-electron chi connectivity index (χ1n) is 10.9. The smallest absolute Gasteiger partial charge is 0.267 e. The van der Waals surface area contributed by atoms with Crippen molar-refractivity contribution >= 4 is 51.7 Å². The van der Waals surface area contributed by atoms with Gasteiger partial charge in [0.25, 0.3) is 11.5 Å². The van der Waals surface area contributed by atoms with E-state index in [9.17, 15) is 9.59 Å². The summed E-state index contributed by atoms with van der Waals surface area (Å²) in [6.45, 7) is 6.82. The van der Waals surface area contributed by atoms with Gasteiger partial charge in [0, 0.05) is 18.8 Å². The number of hydrogen-bond donors (Lipinski definition) is 1. The minimum atomic E-state index is -0.180. The molecule has 1 saturated carbocycles. The van der Waals surface area contributed by atoms with Gasteiger partial charge in [-0.2, -0.15) is 0 Å². The molecule has 0 spiro atoms. The van der Waals surface area contributed by atoms with Gasteiger partial charge < -0.3 is 5.32 Å². The highest BCUT2D eigenvalue weighted by Crippen LogP contribution is 2.33. The fourth-order valence-electron chi connectivity index (χ4n) is 4.14. The van der Waals surface area contributed by atoms with Gasteiger partial charge in [0.05, 0.1) is 10.5 Å². The lowest BCUT2D eigenvalue weighted by Crippen LogP contribution is -2.29. The number of hydrogen-bond acceptors (Lipinski definition) is 6. The van der Waals surface area contributed by atoms with E-state index < -0.39 is 0 Å². The average Bonchev–Trinajstić information content (AvgIpc) is 3.01. The third-order valence-electron chi connectivity index (χ3n) is 5.96. The fourth-order valence-corrected chi connectivity index (χ4v) is 5.43. The van der Waals surface area contributed by atoms with Crippen LogP contribution in [-0.4, -0.2) is 37.1 Å². The van der Waals surface area contributed by atoms with E-state index in [1.165, 1.54) is 11.8 Å². The number of fused-ring (bicyclic) bond motifs is 1. The molecular formula is C23H28N4O2S2. The van der Waals surface area contributed by atoms with Crippen LogP contribution in [0.1, 0.15) is 57.1 Å². The van der Waals surface area contributed by atoms with E-state index in [0.29, 0.717) is 32.8 Å². The molecule has 2 aromatic heterocycles. The maximum atomic E-state index is 13.4. The Kier molecular flexibility index (Phi) is 6.48. The van der Waals surface area contributed by atoms with Gasteiger partial charge in [-0.15, -0.1) is 0 Å². The quantitative estimate of drug-likeness (QED) is 0.524. The van der Waals surface area contributed by atoms with Crippen molar-refractivity contribution in [2.45, 2.75) is 58.9 Å². The van der Waals surface area contributed by atoms with E-state index in [2.05, 4.69) is 12.2 Å². The summed E-state index contributed by atoms with van der Waals surface area (Å²) < 4.78 is 2.10. The van der Waals surface area contributed by atoms with Crippen molar-refractivity contribution in [1.82, 2.24) is 14.3 Å². The Morgan fingerprint density at radius 2 is 2.00 bits per heavy atom. The highest BCUT2D eigenvalue weighted by atomic mass is 32.2. The number of anilines is 1. The van der Waals surface area contributed by atoms with Gasteiger partial charge in [0.1, 0.15) is 15.8 Å². The van der Waals surface area contributed by atoms with Crippen molar-refractivity contribution in [1.29, 1.82) is 0 Å². The fraction of sp³-hybridized carbons (Fsp3) is 0.478. The number of thiocarbonyl (C=S) groups is 1. The van der Waals surface area contributed by atoms with E-state index in [1.807, 2.05) is 26.0 Å². The molecule has 2 aromatic rings. The number of amides is 1. The van der Waals surface area contributed by atoms with Crippen molar-refractivity contribution in [3.63, 3.8) is 0 Å². The molecule has 6 nitrogen and oxygen atoms in total. The standard InChI is InChI=1S/C23H28N4O2S2/c1-4-11-26-22(29)18(31-23(26)30)12-17-20(24-16-8-5-14(2)6-9-16)25-19-10-7-15(3)13-27(19)21(17)28/h7,10,12-14,16,24H,4-6,8-9,11H2,1-3H3/b18-12+. The van der Waals surface area contributed by atoms with Gasteiger partial charge in [0.2, 0.25) is 0 Å². The number of aromatic nitrogens is 2. The van der Waals surface area contributed by atoms with Crippen LogP contribution in [0.5, 0.6) is 0 Å². The number of carbonyl (C=O) groups is 1. The van der Waals surface area contributed by atoms with Crippen molar-refractivity contribution in [3.8, 4) is 0 Å². The Hall–Kier alpha value is -2.19. The second-order valence-electron chi connectivity index (χ2n) is 8.55. The first-order valence-corrected chi connectivity index (χ1v) is 12.1. The maximum Gasteiger partial charge on any atom is 0.267 e. The van der Waals surface area contributed by atoms with Crippen LogP contribution in [0.2, 0.25) is 0 Å². The first kappa shape index (κ1) is 22.0. The van der Waals surface area contributed by atoms with Crippen LogP contribution >= 0.6 is 24.0 Å². The number of pyridine rings is 1. The van der Waals surface area contributed by atoms with Gasteiger partial charge in [-0.3, -0.25) is 18.9 Å². The summed E-state index contributed by atoms with van der Waals surface area (Å²) in [6.07, 6.45) is 8.71. The molecule has 0 aromatic carbocycles. The minimum Gasteiger partial charge on any atom is -0.367 e. The number of rotatable bonds is 5. The summed E-state index contributed by atoms with van der Waals surface area (Å²) in [6, 6.07) is 4.08. The first-order chi connectivity index (χ1) is 14.9. The number of carbonyl (C=O) groups excluding carboxylic acids is 1. The molecule has 31 heavy (non-hydrogen) atoms. The zero-order valence-electron chi connectivity index (χ0n) is 18.2. The average molecular weight is 457 g/mol. The van der Waals surface area contributed by atoms with E-state index in [0.717, 1.165) is 43.6 Å². The number of aryl methyl sites for hydroxylation is 1. The van der Waals surface area contributed by atoms with Gasteiger partial charge in [-0.1, -0.05) is 43.9 Å². The molecule has 1 aliphatic carbocycles. The van der Waals surface area contributed by atoms with Crippen LogP contribution in [0.25, 0.3) is 11.7 Å². The molecule has 2 fully saturated rings. The Bertz CT molecular complexity index is 1120. The lowest BCUT2D eigenvalue weighted by atomic mass is 9.87. The Morgan fingerprint density at radius 3 is 2.71 bits per heavy atom. The Balaban J connectivity index is 1.78. The van der Waals surface area contributed by atoms with Crippen molar-refractivity contribution in [2.24, 2.45) is 5.92 Å². The van der Waals surface area contributed by atoms with Gasteiger partial charge in [0.15, 0.2) is 0 Å². The molecule has 1 amide bonds. The molecule has 0 unspecified atom stereocenters. The minimum absolute atomic E-state index is 0.136. The van der Waals surface area contributed by atoms with E-state index >= 15 is 0 Å². The van der Waals surface area contributed by atoms with Crippen LogP contribution in [0, 0.1) is 12.8 Å². The second kappa shape index (κ2) is 9.12. The summed E-state index contributed by atoms with van der Waals surface area (Å²) in [5.41, 5.74) is 1.80. The van der Waals surface area contributed by atoms with Crippen LogP contribution in [0.4, 0.5) is 5.82 Å². The summed E-state index contributed by atoms with van der Waals surface area (Å²) in [5, 5.41) is 3.52. The summed E-state index contributed by atoms with van der Waals surface area (Å²) in [4.78, 5) is 33.2. The molecule has 1 N–H and O–H groups in total. The highest BCUT2D eigenvalue weighted by molar-refractivity contribution is 8.26. The van der Waals surface area contributed by atoms with Gasteiger partial charge >= 0.3 is 0 Å². The van der Waals surface area contributed by atoms with E-state index in [4.69, 9.17) is 17.2 Å². The molecule has 1 saturated heterocycles. The third-order valence-corrected chi connectivity index (χ3v) is 7.34. The molecule has 3 heterocycles. The zero-order chi connectivity index (χ0) is 22.1. The van der Waals surface area contributed by atoms with Crippen molar-refractivity contribution in [3.05, 3.63) is 44.7 Å². The van der Waals surface area contributed by atoms with Crippen LogP contribution in [0.15, 0.2) is 28.0 Å². The Morgan fingerprint density at radius 1 is 1.26 bits per heavy atom. The van der Waals surface area contributed by atoms with E-state index in [1.54, 1.807) is 21.6 Å². The lowest BCUT2D eigenvalue weighted by molar-refractivity contribution is -0.122. The molecule has 0 radical (unpaired) electrons. The number of nitrogens with one attached hydrogen (secondary N) is 1. The summed E-state index contributed by atoms with van der Waals surface area (Å²) >= 11 is 6.64. The topological polar surface area (TPSA) is 66.7 Å². The highest BCUT2D eigenvalue weighted by Gasteiger charge is 2.32. The molecule has 164 valence electrons. The van der Waals surface area contributed by atoms with Gasteiger partial charge in [-0.25, -0.2) is 4.98 Å². The lowest BCUT2D eigenvalue weighted by Gasteiger charge is -2.27. The predicted molar refractivity (Wildman–Crippen MR) is 131 cm³/mol. The maximum absolute atomic E-state index is 13.4. The van der Waals surface area contributed by atoms with Crippen LogP contribution in [0.3, 0.4) is 0 Å². The SMILES string of the molecule is CCCN1C(=O)/C(=C\c2c(NC3CCC(C)CC3)nc3ccc(C)cn3c2=O)SC1=S. The summed E-state index contributed by atoms with van der Waals surface area (Å²) in [5.74, 6) is 1.15. The van der Waals surface area contributed by atoms with Crippen LogP contribution in [-0.2, 0) is 4.79 Å². The third kappa shape index (κ3) is 4.55. The normalized spacial score (nSPS) is 23.2. The Labute approximate surface area is 192 Å². The largest absolute Gasteiger partial charge is 0.367 e. The summed E-state index contributed by atoms with van der Waals surface area (Å²) in [7, 11) is 0.